The molecule has 2 atom stereocenters. The van der Waals surface area contributed by atoms with E-state index in [0.29, 0.717) is 24.5 Å². The Hall–Kier alpha value is -0.610. The van der Waals surface area contributed by atoms with Crippen molar-refractivity contribution in [2.75, 3.05) is 26.7 Å². The van der Waals surface area contributed by atoms with Crippen LogP contribution in [0.1, 0.15) is 40.0 Å². The molecule has 1 rings (SSSR count). The van der Waals surface area contributed by atoms with Gasteiger partial charge in [-0.15, -0.1) is 0 Å². The number of likely N-dealkylation sites (tertiary alicyclic amines) is 1. The molecule has 0 aliphatic carbocycles. The number of piperidine rings is 1. The van der Waals surface area contributed by atoms with Gasteiger partial charge in [0.1, 0.15) is 0 Å². The molecule has 0 radical (unpaired) electrons. The van der Waals surface area contributed by atoms with E-state index < -0.39 is 0 Å². The minimum absolute atomic E-state index is 0.166. The first kappa shape index (κ1) is 15.4. The SMILES string of the molecule is CNC(C)C1CCCCN1CC(=O)NCC(C)C. The molecule has 1 fully saturated rings. The zero-order chi connectivity index (χ0) is 13.5. The topological polar surface area (TPSA) is 44.4 Å². The third-order valence-corrected chi connectivity index (χ3v) is 3.75. The van der Waals surface area contributed by atoms with E-state index in [1.807, 2.05) is 7.05 Å². The molecule has 4 nitrogen and oxygen atoms in total. The molecule has 1 aliphatic rings. The first-order valence-electron chi connectivity index (χ1n) is 7.22. The fraction of sp³-hybridized carbons (Fsp3) is 0.929. The van der Waals surface area contributed by atoms with Crippen LogP contribution in [-0.4, -0.2) is 49.6 Å². The van der Waals surface area contributed by atoms with Crippen molar-refractivity contribution in [1.82, 2.24) is 15.5 Å². The lowest BCUT2D eigenvalue weighted by Gasteiger charge is -2.38. The van der Waals surface area contributed by atoms with E-state index in [0.717, 1.165) is 13.1 Å². The number of likely N-dealkylation sites (N-methyl/N-ethyl adjacent to an activating group) is 1. The Kier molecular flexibility index (Phi) is 6.65. The molecular formula is C14H29N3O. The molecular weight excluding hydrogens is 226 g/mol. The Balaban J connectivity index is 2.43. The molecule has 106 valence electrons. The smallest absolute Gasteiger partial charge is 0.234 e. The molecule has 4 heteroatoms. The van der Waals surface area contributed by atoms with Gasteiger partial charge in [0, 0.05) is 18.6 Å². The molecule has 1 amide bonds. The minimum atomic E-state index is 0.166. The fourth-order valence-electron chi connectivity index (χ4n) is 2.53. The van der Waals surface area contributed by atoms with Crippen LogP contribution in [0, 0.1) is 5.92 Å². The maximum Gasteiger partial charge on any atom is 0.234 e. The van der Waals surface area contributed by atoms with Crippen molar-refractivity contribution < 1.29 is 4.79 Å². The first-order chi connectivity index (χ1) is 8.54. The molecule has 1 aliphatic heterocycles. The predicted octanol–water partition coefficient (Wildman–Crippen LogP) is 1.22. The summed E-state index contributed by atoms with van der Waals surface area (Å²) in [4.78, 5) is 14.2. The van der Waals surface area contributed by atoms with Crippen molar-refractivity contribution in [1.29, 1.82) is 0 Å². The summed E-state index contributed by atoms with van der Waals surface area (Å²) in [5.41, 5.74) is 0. The number of nitrogens with one attached hydrogen (secondary N) is 2. The van der Waals surface area contributed by atoms with Crippen LogP contribution in [0.3, 0.4) is 0 Å². The lowest BCUT2D eigenvalue weighted by Crippen LogP contribution is -2.53. The first-order valence-corrected chi connectivity index (χ1v) is 7.22. The second-order valence-corrected chi connectivity index (χ2v) is 5.81. The van der Waals surface area contributed by atoms with Crippen LogP contribution in [0.25, 0.3) is 0 Å². The van der Waals surface area contributed by atoms with Gasteiger partial charge in [0.25, 0.3) is 0 Å². The summed E-state index contributed by atoms with van der Waals surface area (Å²) in [6.07, 6.45) is 3.69. The van der Waals surface area contributed by atoms with Crippen LogP contribution in [0.4, 0.5) is 0 Å². The van der Waals surface area contributed by atoms with Crippen LogP contribution >= 0.6 is 0 Å². The Bertz CT molecular complexity index is 255. The summed E-state index contributed by atoms with van der Waals surface area (Å²) in [6, 6.07) is 0.941. The van der Waals surface area contributed by atoms with Crippen LogP contribution < -0.4 is 10.6 Å². The van der Waals surface area contributed by atoms with E-state index in [1.165, 1.54) is 19.3 Å². The molecule has 0 spiro atoms. The number of hydrogen-bond donors (Lipinski definition) is 2. The molecule has 0 bridgehead atoms. The number of rotatable bonds is 6. The highest BCUT2D eigenvalue weighted by Gasteiger charge is 2.27. The zero-order valence-electron chi connectivity index (χ0n) is 12.3. The van der Waals surface area contributed by atoms with Crippen molar-refractivity contribution >= 4 is 5.91 Å². The summed E-state index contributed by atoms with van der Waals surface area (Å²) in [6.45, 7) is 8.81. The van der Waals surface area contributed by atoms with Gasteiger partial charge in [0.15, 0.2) is 0 Å². The number of hydrogen-bond acceptors (Lipinski definition) is 3. The van der Waals surface area contributed by atoms with Gasteiger partial charge in [-0.05, 0) is 39.3 Å². The number of nitrogens with zero attached hydrogens (tertiary/aromatic N) is 1. The third-order valence-electron chi connectivity index (χ3n) is 3.75. The predicted molar refractivity (Wildman–Crippen MR) is 75.6 cm³/mol. The van der Waals surface area contributed by atoms with E-state index >= 15 is 0 Å². The van der Waals surface area contributed by atoms with Crippen LogP contribution in [0.15, 0.2) is 0 Å². The Morgan fingerprint density at radius 1 is 1.33 bits per heavy atom. The van der Waals surface area contributed by atoms with Crippen molar-refractivity contribution in [3.05, 3.63) is 0 Å². The summed E-state index contributed by atoms with van der Waals surface area (Å²) in [5, 5.41) is 6.32. The van der Waals surface area contributed by atoms with Gasteiger partial charge in [-0.1, -0.05) is 20.3 Å². The quantitative estimate of drug-likeness (QED) is 0.750. The molecule has 0 aromatic carbocycles. The van der Waals surface area contributed by atoms with Gasteiger partial charge in [-0.2, -0.15) is 0 Å². The van der Waals surface area contributed by atoms with E-state index in [9.17, 15) is 4.79 Å². The molecule has 0 saturated carbocycles. The van der Waals surface area contributed by atoms with Crippen LogP contribution in [0.5, 0.6) is 0 Å². The highest BCUT2D eigenvalue weighted by atomic mass is 16.2. The van der Waals surface area contributed by atoms with E-state index in [1.54, 1.807) is 0 Å². The Morgan fingerprint density at radius 3 is 2.67 bits per heavy atom. The van der Waals surface area contributed by atoms with Gasteiger partial charge in [0.2, 0.25) is 5.91 Å². The average molecular weight is 255 g/mol. The average Bonchev–Trinajstić information content (AvgIpc) is 2.36. The van der Waals surface area contributed by atoms with Gasteiger partial charge in [-0.3, -0.25) is 9.69 Å². The summed E-state index contributed by atoms with van der Waals surface area (Å²) in [7, 11) is 2.00. The molecule has 18 heavy (non-hydrogen) atoms. The Labute approximate surface area is 111 Å². The maximum absolute atomic E-state index is 11.9. The van der Waals surface area contributed by atoms with Gasteiger partial charge < -0.3 is 10.6 Å². The molecule has 1 heterocycles. The monoisotopic (exact) mass is 255 g/mol. The number of carbonyl (C=O) groups is 1. The normalized spacial score (nSPS) is 23.1. The van der Waals surface area contributed by atoms with Crippen LogP contribution in [-0.2, 0) is 4.79 Å². The Morgan fingerprint density at radius 2 is 2.06 bits per heavy atom. The maximum atomic E-state index is 11.9. The highest BCUT2D eigenvalue weighted by molar-refractivity contribution is 5.78. The van der Waals surface area contributed by atoms with E-state index in [2.05, 4.69) is 36.3 Å². The third kappa shape index (κ3) is 4.94. The lowest BCUT2D eigenvalue weighted by atomic mass is 9.96. The minimum Gasteiger partial charge on any atom is -0.355 e. The number of carbonyl (C=O) groups excluding carboxylic acids is 1. The summed E-state index contributed by atoms with van der Waals surface area (Å²) in [5.74, 6) is 0.682. The second kappa shape index (κ2) is 7.74. The van der Waals surface area contributed by atoms with Gasteiger partial charge in [-0.25, -0.2) is 0 Å². The molecule has 0 aromatic heterocycles. The van der Waals surface area contributed by atoms with Crippen molar-refractivity contribution in [2.45, 2.75) is 52.1 Å². The van der Waals surface area contributed by atoms with E-state index in [-0.39, 0.29) is 5.91 Å². The summed E-state index contributed by atoms with van der Waals surface area (Å²) < 4.78 is 0. The summed E-state index contributed by atoms with van der Waals surface area (Å²) >= 11 is 0. The standard InChI is InChI=1S/C14H29N3O/c1-11(2)9-16-14(18)10-17-8-6-5-7-13(17)12(3)15-4/h11-13,15H,5-10H2,1-4H3,(H,16,18). The van der Waals surface area contributed by atoms with Gasteiger partial charge in [0.05, 0.1) is 6.54 Å². The van der Waals surface area contributed by atoms with E-state index in [4.69, 9.17) is 0 Å². The van der Waals surface area contributed by atoms with Crippen molar-refractivity contribution in [2.24, 2.45) is 5.92 Å². The van der Waals surface area contributed by atoms with Crippen LogP contribution in [0.2, 0.25) is 0 Å². The van der Waals surface area contributed by atoms with Crippen molar-refractivity contribution in [3.63, 3.8) is 0 Å². The molecule has 0 aromatic rings. The molecule has 2 N–H and O–H groups in total. The molecule has 1 saturated heterocycles. The number of amides is 1. The van der Waals surface area contributed by atoms with Crippen molar-refractivity contribution in [3.8, 4) is 0 Å². The fourth-order valence-corrected chi connectivity index (χ4v) is 2.53. The zero-order valence-corrected chi connectivity index (χ0v) is 12.3. The lowest BCUT2D eigenvalue weighted by molar-refractivity contribution is -0.123. The second-order valence-electron chi connectivity index (χ2n) is 5.81. The molecule has 2 unspecified atom stereocenters. The largest absolute Gasteiger partial charge is 0.355 e. The highest BCUT2D eigenvalue weighted by Crippen LogP contribution is 2.19. The van der Waals surface area contributed by atoms with Gasteiger partial charge >= 0.3 is 0 Å².